The highest BCUT2D eigenvalue weighted by Crippen LogP contribution is 2.24. The third-order valence-corrected chi connectivity index (χ3v) is 3.56. The number of carbonyl (C=O) groups excluding carboxylic acids is 1. The predicted molar refractivity (Wildman–Crippen MR) is 68.4 cm³/mol. The first kappa shape index (κ1) is 14.0. The number of nitrogens with zero attached hydrogens (tertiary/aromatic N) is 3. The number of aryl methyl sites for hydroxylation is 1. The van der Waals surface area contributed by atoms with Crippen LogP contribution in [0.15, 0.2) is 4.52 Å². The first-order chi connectivity index (χ1) is 9.22. The van der Waals surface area contributed by atoms with E-state index < -0.39 is 0 Å². The lowest BCUT2D eigenvalue weighted by Gasteiger charge is -2.26. The van der Waals surface area contributed by atoms with Crippen LogP contribution in [0.3, 0.4) is 0 Å². The van der Waals surface area contributed by atoms with E-state index in [4.69, 9.17) is 9.26 Å². The first-order valence-corrected chi connectivity index (χ1v) is 6.85. The fourth-order valence-corrected chi connectivity index (χ4v) is 2.49. The number of ether oxygens (including phenoxy) is 1. The van der Waals surface area contributed by atoms with Crippen LogP contribution in [0.2, 0.25) is 0 Å². The van der Waals surface area contributed by atoms with E-state index in [-0.39, 0.29) is 12.5 Å². The van der Waals surface area contributed by atoms with Gasteiger partial charge in [0, 0.05) is 12.5 Å². The highest BCUT2D eigenvalue weighted by molar-refractivity contribution is 5.71. The molecule has 1 fully saturated rings. The van der Waals surface area contributed by atoms with Crippen molar-refractivity contribution in [2.45, 2.75) is 51.6 Å². The molecule has 0 radical (unpaired) electrons. The number of carbonyl (C=O) groups is 1. The number of aromatic nitrogens is 2. The minimum absolute atomic E-state index is 0.217. The number of hydrogen-bond acceptors (Lipinski definition) is 6. The van der Waals surface area contributed by atoms with Crippen LogP contribution in [-0.2, 0) is 22.5 Å². The van der Waals surface area contributed by atoms with Gasteiger partial charge in [0.15, 0.2) is 5.82 Å². The molecule has 106 valence electrons. The molecule has 6 heteroatoms. The van der Waals surface area contributed by atoms with Gasteiger partial charge in [-0.3, -0.25) is 9.69 Å². The van der Waals surface area contributed by atoms with Gasteiger partial charge in [-0.1, -0.05) is 24.9 Å². The molecule has 0 amide bonds. The van der Waals surface area contributed by atoms with Crippen LogP contribution in [0.1, 0.15) is 44.3 Å². The summed E-state index contributed by atoms with van der Waals surface area (Å²) in [6, 6.07) is 0.419. The molecule has 0 N–H and O–H groups in total. The maximum absolute atomic E-state index is 11.5. The second-order valence-electron chi connectivity index (χ2n) is 4.88. The molecule has 0 saturated heterocycles. The fourth-order valence-electron chi connectivity index (χ4n) is 2.49. The Hall–Kier alpha value is -1.43. The summed E-state index contributed by atoms with van der Waals surface area (Å²) in [7, 11) is 1.42. The Morgan fingerprint density at radius 1 is 1.47 bits per heavy atom. The quantitative estimate of drug-likeness (QED) is 0.728. The van der Waals surface area contributed by atoms with E-state index in [1.165, 1.54) is 20.0 Å². The summed E-state index contributed by atoms with van der Waals surface area (Å²) in [5.41, 5.74) is 0. The zero-order valence-corrected chi connectivity index (χ0v) is 11.6. The molecule has 0 aliphatic heterocycles. The number of esters is 1. The van der Waals surface area contributed by atoms with E-state index in [0.717, 1.165) is 19.3 Å². The van der Waals surface area contributed by atoms with Gasteiger partial charge >= 0.3 is 5.97 Å². The predicted octanol–water partition coefficient (Wildman–Crippen LogP) is 1.55. The second-order valence-corrected chi connectivity index (χ2v) is 4.88. The van der Waals surface area contributed by atoms with E-state index >= 15 is 0 Å². The van der Waals surface area contributed by atoms with Gasteiger partial charge < -0.3 is 9.26 Å². The van der Waals surface area contributed by atoms with Crippen molar-refractivity contribution in [1.82, 2.24) is 15.0 Å². The molecular formula is C13H21N3O3. The maximum atomic E-state index is 11.5. The Kier molecular flexibility index (Phi) is 4.90. The molecule has 2 rings (SSSR count). The average Bonchev–Trinajstić information content (AvgIpc) is 3.08. The van der Waals surface area contributed by atoms with Crippen molar-refractivity contribution in [2.75, 3.05) is 13.7 Å². The van der Waals surface area contributed by atoms with Gasteiger partial charge in [0.05, 0.1) is 20.2 Å². The van der Waals surface area contributed by atoms with Gasteiger partial charge in [0.25, 0.3) is 0 Å². The zero-order valence-electron chi connectivity index (χ0n) is 11.6. The first-order valence-electron chi connectivity index (χ1n) is 6.85. The smallest absolute Gasteiger partial charge is 0.319 e. The van der Waals surface area contributed by atoms with Crippen molar-refractivity contribution in [3.05, 3.63) is 11.7 Å². The monoisotopic (exact) mass is 267 g/mol. The molecule has 19 heavy (non-hydrogen) atoms. The van der Waals surface area contributed by atoms with Crippen LogP contribution in [0.25, 0.3) is 0 Å². The Balaban J connectivity index is 2.01. The highest BCUT2D eigenvalue weighted by atomic mass is 16.5. The molecule has 0 spiro atoms. The van der Waals surface area contributed by atoms with Crippen molar-refractivity contribution in [2.24, 2.45) is 0 Å². The van der Waals surface area contributed by atoms with Gasteiger partial charge in [0.2, 0.25) is 5.89 Å². The molecule has 0 unspecified atom stereocenters. The number of methoxy groups -OCH3 is 1. The van der Waals surface area contributed by atoms with Crippen molar-refractivity contribution in [1.29, 1.82) is 0 Å². The standard InChI is InChI=1S/C13H21N3O3/c1-3-12-14-11(15-19-12)8-16(9-13(17)18-2)10-6-4-5-7-10/h10H,3-9H2,1-2H3. The van der Waals surface area contributed by atoms with Gasteiger partial charge in [0.1, 0.15) is 0 Å². The summed E-state index contributed by atoms with van der Waals surface area (Å²) in [4.78, 5) is 17.9. The second kappa shape index (κ2) is 6.65. The molecule has 1 heterocycles. The molecule has 1 aromatic heterocycles. The molecule has 1 aromatic rings. The molecule has 1 aliphatic carbocycles. The molecule has 0 atom stereocenters. The Morgan fingerprint density at radius 3 is 2.79 bits per heavy atom. The topological polar surface area (TPSA) is 68.5 Å². The summed E-state index contributed by atoms with van der Waals surface area (Å²) in [5, 5.41) is 3.95. The molecular weight excluding hydrogens is 246 g/mol. The van der Waals surface area contributed by atoms with E-state index in [9.17, 15) is 4.79 Å². The van der Waals surface area contributed by atoms with E-state index in [1.54, 1.807) is 0 Å². The van der Waals surface area contributed by atoms with Crippen LogP contribution < -0.4 is 0 Å². The van der Waals surface area contributed by atoms with E-state index in [1.807, 2.05) is 6.92 Å². The Bertz CT molecular complexity index is 413. The maximum Gasteiger partial charge on any atom is 0.319 e. The van der Waals surface area contributed by atoms with Crippen molar-refractivity contribution in [3.8, 4) is 0 Å². The molecule has 1 saturated carbocycles. The third-order valence-electron chi connectivity index (χ3n) is 3.56. The molecule has 0 bridgehead atoms. The van der Waals surface area contributed by atoms with Crippen molar-refractivity contribution in [3.63, 3.8) is 0 Å². The number of rotatable bonds is 6. The minimum Gasteiger partial charge on any atom is -0.468 e. The minimum atomic E-state index is -0.217. The normalized spacial score (nSPS) is 16.2. The third kappa shape index (κ3) is 3.76. The molecule has 1 aliphatic rings. The fraction of sp³-hybridized carbons (Fsp3) is 0.769. The summed E-state index contributed by atoms with van der Waals surface area (Å²) in [6.45, 7) is 2.81. The summed E-state index contributed by atoms with van der Waals surface area (Å²) in [5.74, 6) is 1.07. The summed E-state index contributed by atoms with van der Waals surface area (Å²) < 4.78 is 9.86. The SMILES string of the molecule is CCc1nc(CN(CC(=O)OC)C2CCCC2)no1. The van der Waals surface area contributed by atoms with Crippen LogP contribution in [0.5, 0.6) is 0 Å². The average molecular weight is 267 g/mol. The molecule has 0 aromatic carbocycles. The van der Waals surface area contributed by atoms with Crippen LogP contribution >= 0.6 is 0 Å². The lowest BCUT2D eigenvalue weighted by molar-refractivity contribution is -0.142. The van der Waals surface area contributed by atoms with Crippen LogP contribution in [0.4, 0.5) is 0 Å². The summed E-state index contributed by atoms with van der Waals surface area (Å²) in [6.07, 6.45) is 5.40. The van der Waals surface area contributed by atoms with Crippen molar-refractivity contribution < 1.29 is 14.1 Å². The van der Waals surface area contributed by atoms with Gasteiger partial charge in [-0.15, -0.1) is 0 Å². The number of hydrogen-bond donors (Lipinski definition) is 0. The van der Waals surface area contributed by atoms with Gasteiger partial charge in [-0.2, -0.15) is 4.98 Å². The van der Waals surface area contributed by atoms with Crippen molar-refractivity contribution >= 4 is 5.97 Å². The van der Waals surface area contributed by atoms with E-state index in [0.29, 0.717) is 24.3 Å². The lowest BCUT2D eigenvalue weighted by atomic mass is 10.2. The van der Waals surface area contributed by atoms with Crippen LogP contribution in [0, 0.1) is 0 Å². The molecule has 6 nitrogen and oxygen atoms in total. The lowest BCUT2D eigenvalue weighted by Crippen LogP contribution is -2.37. The highest BCUT2D eigenvalue weighted by Gasteiger charge is 2.26. The Morgan fingerprint density at radius 2 is 2.21 bits per heavy atom. The largest absolute Gasteiger partial charge is 0.468 e. The van der Waals surface area contributed by atoms with E-state index in [2.05, 4.69) is 15.0 Å². The Labute approximate surface area is 113 Å². The van der Waals surface area contributed by atoms with Gasteiger partial charge in [-0.05, 0) is 12.8 Å². The zero-order chi connectivity index (χ0) is 13.7. The van der Waals surface area contributed by atoms with Crippen LogP contribution in [-0.4, -0.2) is 40.7 Å². The van der Waals surface area contributed by atoms with Gasteiger partial charge in [-0.25, -0.2) is 0 Å². The summed E-state index contributed by atoms with van der Waals surface area (Å²) >= 11 is 0.